The predicted molar refractivity (Wildman–Crippen MR) is 81.4 cm³/mol. The molecule has 0 radical (unpaired) electrons. The fourth-order valence-electron chi connectivity index (χ4n) is 2.14. The number of carboxylic acids is 1. The normalized spacial score (nSPS) is 12.1. The molecule has 21 heavy (non-hydrogen) atoms. The SMILES string of the molecule is CC(CC(=O)O)CC(=O)Nc1cc(Cl)cc2cccnc12. The first-order valence-corrected chi connectivity index (χ1v) is 6.89. The number of benzene rings is 1. The van der Waals surface area contributed by atoms with Gasteiger partial charge in [0, 0.05) is 29.4 Å². The minimum absolute atomic E-state index is 0.0397. The number of fused-ring (bicyclic) bond motifs is 1. The van der Waals surface area contributed by atoms with Gasteiger partial charge in [-0.15, -0.1) is 0 Å². The van der Waals surface area contributed by atoms with Gasteiger partial charge in [0.05, 0.1) is 11.2 Å². The maximum atomic E-state index is 12.0. The summed E-state index contributed by atoms with van der Waals surface area (Å²) in [6.45, 7) is 1.72. The third-order valence-corrected chi connectivity index (χ3v) is 3.22. The van der Waals surface area contributed by atoms with Gasteiger partial charge in [0.25, 0.3) is 0 Å². The van der Waals surface area contributed by atoms with Crippen molar-refractivity contribution in [3.63, 3.8) is 0 Å². The minimum atomic E-state index is -0.912. The molecule has 0 bridgehead atoms. The molecule has 1 aromatic heterocycles. The molecule has 0 saturated heterocycles. The Morgan fingerprint density at radius 2 is 2.14 bits per heavy atom. The summed E-state index contributed by atoms with van der Waals surface area (Å²) in [5.41, 5.74) is 1.19. The highest BCUT2D eigenvalue weighted by atomic mass is 35.5. The molecular formula is C15H15ClN2O3. The van der Waals surface area contributed by atoms with Crippen molar-refractivity contribution in [2.75, 3.05) is 5.32 Å². The van der Waals surface area contributed by atoms with Gasteiger partial charge in [-0.3, -0.25) is 14.6 Å². The van der Waals surface area contributed by atoms with E-state index < -0.39 is 5.97 Å². The lowest BCUT2D eigenvalue weighted by atomic mass is 10.0. The highest BCUT2D eigenvalue weighted by Gasteiger charge is 2.14. The van der Waals surface area contributed by atoms with Crippen LogP contribution < -0.4 is 5.32 Å². The summed E-state index contributed by atoms with van der Waals surface area (Å²) >= 11 is 6.03. The maximum Gasteiger partial charge on any atom is 0.303 e. The zero-order valence-corrected chi connectivity index (χ0v) is 12.2. The van der Waals surface area contributed by atoms with Crippen LogP contribution in [-0.2, 0) is 9.59 Å². The van der Waals surface area contributed by atoms with E-state index in [1.54, 1.807) is 31.3 Å². The molecule has 1 atom stereocenters. The minimum Gasteiger partial charge on any atom is -0.481 e. The Morgan fingerprint density at radius 3 is 2.86 bits per heavy atom. The van der Waals surface area contributed by atoms with E-state index in [9.17, 15) is 9.59 Å². The number of nitrogens with one attached hydrogen (secondary N) is 1. The van der Waals surface area contributed by atoms with Crippen LogP contribution in [0.5, 0.6) is 0 Å². The lowest BCUT2D eigenvalue weighted by Crippen LogP contribution is -2.17. The van der Waals surface area contributed by atoms with Crippen LogP contribution in [0.1, 0.15) is 19.8 Å². The molecule has 2 N–H and O–H groups in total. The Labute approximate surface area is 126 Å². The average Bonchev–Trinajstić information content (AvgIpc) is 2.37. The Balaban J connectivity index is 2.16. The number of nitrogens with zero attached hydrogens (tertiary/aromatic N) is 1. The van der Waals surface area contributed by atoms with Crippen LogP contribution in [0.15, 0.2) is 30.5 Å². The average molecular weight is 307 g/mol. The molecule has 1 heterocycles. The standard InChI is InChI=1S/C15H15ClN2O3/c1-9(6-14(20)21)5-13(19)18-12-8-11(16)7-10-3-2-4-17-15(10)12/h2-4,7-9H,5-6H2,1H3,(H,18,19)(H,20,21). The number of rotatable bonds is 5. The van der Waals surface area contributed by atoms with Gasteiger partial charge < -0.3 is 10.4 Å². The second-order valence-corrected chi connectivity index (χ2v) is 5.42. The molecule has 0 aliphatic rings. The molecule has 0 aliphatic heterocycles. The molecule has 1 aromatic carbocycles. The summed E-state index contributed by atoms with van der Waals surface area (Å²) < 4.78 is 0. The van der Waals surface area contributed by atoms with Gasteiger partial charge in [0.2, 0.25) is 5.91 Å². The number of amides is 1. The number of hydrogen-bond donors (Lipinski definition) is 2. The highest BCUT2D eigenvalue weighted by molar-refractivity contribution is 6.32. The second kappa shape index (κ2) is 6.54. The lowest BCUT2D eigenvalue weighted by molar-refractivity contribution is -0.138. The van der Waals surface area contributed by atoms with E-state index in [-0.39, 0.29) is 24.7 Å². The van der Waals surface area contributed by atoms with Crippen molar-refractivity contribution in [2.24, 2.45) is 5.92 Å². The smallest absolute Gasteiger partial charge is 0.303 e. The van der Waals surface area contributed by atoms with Crippen LogP contribution in [-0.4, -0.2) is 22.0 Å². The first-order chi connectivity index (χ1) is 9.95. The van der Waals surface area contributed by atoms with Gasteiger partial charge in [0.1, 0.15) is 0 Å². The zero-order chi connectivity index (χ0) is 15.4. The molecule has 2 rings (SSSR count). The summed E-state index contributed by atoms with van der Waals surface area (Å²) in [6, 6.07) is 7.05. The second-order valence-electron chi connectivity index (χ2n) is 4.98. The van der Waals surface area contributed by atoms with Crippen molar-refractivity contribution in [3.05, 3.63) is 35.5 Å². The van der Waals surface area contributed by atoms with Crippen molar-refractivity contribution >= 4 is 40.1 Å². The molecule has 0 aliphatic carbocycles. The summed E-state index contributed by atoms with van der Waals surface area (Å²) in [5.74, 6) is -1.40. The van der Waals surface area contributed by atoms with E-state index in [1.807, 2.05) is 6.07 Å². The molecular weight excluding hydrogens is 292 g/mol. The van der Waals surface area contributed by atoms with Crippen molar-refractivity contribution in [2.45, 2.75) is 19.8 Å². The fourth-order valence-corrected chi connectivity index (χ4v) is 2.37. The van der Waals surface area contributed by atoms with Crippen LogP contribution in [0, 0.1) is 5.92 Å². The van der Waals surface area contributed by atoms with Crippen LogP contribution in [0.3, 0.4) is 0 Å². The molecule has 0 saturated carbocycles. The van der Waals surface area contributed by atoms with E-state index >= 15 is 0 Å². The fraction of sp³-hybridized carbons (Fsp3) is 0.267. The van der Waals surface area contributed by atoms with Crippen molar-refractivity contribution < 1.29 is 14.7 Å². The van der Waals surface area contributed by atoms with Crippen LogP contribution in [0.25, 0.3) is 10.9 Å². The largest absolute Gasteiger partial charge is 0.481 e. The summed E-state index contributed by atoms with van der Waals surface area (Å²) in [7, 11) is 0. The Morgan fingerprint density at radius 1 is 1.38 bits per heavy atom. The topological polar surface area (TPSA) is 79.3 Å². The number of halogens is 1. The van der Waals surface area contributed by atoms with Gasteiger partial charge in [-0.25, -0.2) is 0 Å². The maximum absolute atomic E-state index is 12.0. The Kier molecular flexibility index (Phi) is 4.75. The van der Waals surface area contributed by atoms with E-state index in [1.165, 1.54) is 0 Å². The van der Waals surface area contributed by atoms with Crippen LogP contribution in [0.4, 0.5) is 5.69 Å². The van der Waals surface area contributed by atoms with Gasteiger partial charge >= 0.3 is 5.97 Å². The third kappa shape index (κ3) is 4.16. The monoisotopic (exact) mass is 306 g/mol. The van der Waals surface area contributed by atoms with Gasteiger partial charge in [0.15, 0.2) is 0 Å². The van der Waals surface area contributed by atoms with Crippen molar-refractivity contribution in [1.29, 1.82) is 0 Å². The number of pyridine rings is 1. The lowest BCUT2D eigenvalue weighted by Gasteiger charge is -2.11. The van der Waals surface area contributed by atoms with Crippen LogP contribution >= 0.6 is 11.6 Å². The van der Waals surface area contributed by atoms with Gasteiger partial charge in [-0.2, -0.15) is 0 Å². The van der Waals surface area contributed by atoms with Crippen molar-refractivity contribution in [1.82, 2.24) is 4.98 Å². The summed E-state index contributed by atoms with van der Waals surface area (Å²) in [6.07, 6.45) is 1.73. The quantitative estimate of drug-likeness (QED) is 0.888. The zero-order valence-electron chi connectivity index (χ0n) is 11.5. The number of aromatic nitrogens is 1. The van der Waals surface area contributed by atoms with E-state index in [0.717, 1.165) is 5.39 Å². The Bertz CT molecular complexity index is 688. The molecule has 2 aromatic rings. The molecule has 6 heteroatoms. The molecule has 0 spiro atoms. The number of anilines is 1. The third-order valence-electron chi connectivity index (χ3n) is 3.00. The number of carboxylic acid groups (broad SMARTS) is 1. The van der Waals surface area contributed by atoms with Gasteiger partial charge in [-0.05, 0) is 24.1 Å². The first kappa shape index (κ1) is 15.3. The molecule has 0 fully saturated rings. The predicted octanol–water partition coefficient (Wildman–Crippen LogP) is 3.33. The molecule has 1 amide bonds. The highest BCUT2D eigenvalue weighted by Crippen LogP contribution is 2.26. The number of hydrogen-bond acceptors (Lipinski definition) is 3. The number of carbonyl (C=O) groups excluding carboxylic acids is 1. The molecule has 5 nitrogen and oxygen atoms in total. The number of carbonyl (C=O) groups is 2. The number of aliphatic carboxylic acids is 1. The van der Waals surface area contributed by atoms with E-state index in [4.69, 9.17) is 16.7 Å². The van der Waals surface area contributed by atoms with E-state index in [0.29, 0.717) is 16.2 Å². The Hall–Kier alpha value is -2.14. The summed E-state index contributed by atoms with van der Waals surface area (Å²) in [5, 5.41) is 12.8. The summed E-state index contributed by atoms with van der Waals surface area (Å²) in [4.78, 5) is 26.8. The van der Waals surface area contributed by atoms with E-state index in [2.05, 4.69) is 10.3 Å². The first-order valence-electron chi connectivity index (χ1n) is 6.51. The molecule has 110 valence electrons. The molecule has 1 unspecified atom stereocenters. The van der Waals surface area contributed by atoms with Crippen molar-refractivity contribution in [3.8, 4) is 0 Å². The van der Waals surface area contributed by atoms with Gasteiger partial charge in [-0.1, -0.05) is 24.6 Å². The van der Waals surface area contributed by atoms with Crippen LogP contribution in [0.2, 0.25) is 5.02 Å².